The first-order valence-electron chi connectivity index (χ1n) is 7.33. The molecule has 0 spiro atoms. The SMILES string of the molecule is COC(=O)/C(C#N)=C\Nc1ccc(S(=O)(=O)Nc2cc(OC)ncn2)cc1. The molecule has 0 saturated heterocycles. The Balaban J connectivity index is 2.14. The van der Waals surface area contributed by atoms with Gasteiger partial charge in [0.1, 0.15) is 18.2 Å². The molecule has 0 aliphatic carbocycles. The Morgan fingerprint density at radius 1 is 1.22 bits per heavy atom. The number of anilines is 2. The summed E-state index contributed by atoms with van der Waals surface area (Å²) in [5.41, 5.74) is 0.239. The van der Waals surface area contributed by atoms with Gasteiger partial charge in [-0.2, -0.15) is 5.26 Å². The number of rotatable bonds is 7. The zero-order chi connectivity index (χ0) is 19.9. The summed E-state index contributed by atoms with van der Waals surface area (Å²) in [6, 6.07) is 8.67. The maximum absolute atomic E-state index is 12.4. The van der Waals surface area contributed by atoms with Crippen molar-refractivity contribution >= 4 is 27.5 Å². The van der Waals surface area contributed by atoms with E-state index in [0.29, 0.717) is 5.69 Å². The van der Waals surface area contributed by atoms with Gasteiger partial charge in [0.2, 0.25) is 5.88 Å². The van der Waals surface area contributed by atoms with Crippen molar-refractivity contribution in [3.8, 4) is 11.9 Å². The number of nitriles is 1. The van der Waals surface area contributed by atoms with Crippen LogP contribution in [0.2, 0.25) is 0 Å². The number of benzene rings is 1. The van der Waals surface area contributed by atoms with E-state index in [-0.39, 0.29) is 22.2 Å². The van der Waals surface area contributed by atoms with E-state index in [4.69, 9.17) is 10.00 Å². The molecule has 1 aromatic heterocycles. The molecule has 1 aromatic carbocycles. The molecule has 0 aliphatic heterocycles. The molecule has 0 radical (unpaired) electrons. The van der Waals surface area contributed by atoms with Gasteiger partial charge in [-0.3, -0.25) is 4.72 Å². The number of nitrogens with zero attached hydrogens (tertiary/aromatic N) is 3. The third-order valence-corrected chi connectivity index (χ3v) is 4.53. The number of methoxy groups -OCH3 is 2. The van der Waals surface area contributed by atoms with Gasteiger partial charge in [0.25, 0.3) is 10.0 Å². The van der Waals surface area contributed by atoms with Crippen LogP contribution in [0, 0.1) is 11.3 Å². The zero-order valence-corrected chi connectivity index (χ0v) is 15.1. The molecular formula is C16H15N5O5S. The second-order valence-corrected chi connectivity index (χ2v) is 6.56. The molecule has 0 unspecified atom stereocenters. The minimum absolute atomic E-state index is 0.0110. The first-order chi connectivity index (χ1) is 12.9. The minimum atomic E-state index is -3.87. The lowest BCUT2D eigenvalue weighted by atomic mass is 10.3. The normalized spacial score (nSPS) is 11.2. The van der Waals surface area contributed by atoms with E-state index >= 15 is 0 Å². The molecule has 2 N–H and O–H groups in total. The van der Waals surface area contributed by atoms with Crippen LogP contribution in [0.25, 0.3) is 0 Å². The lowest BCUT2D eigenvalue weighted by Crippen LogP contribution is -2.14. The van der Waals surface area contributed by atoms with Crippen molar-refractivity contribution < 1.29 is 22.7 Å². The second-order valence-electron chi connectivity index (χ2n) is 4.88. The highest BCUT2D eigenvalue weighted by molar-refractivity contribution is 7.92. The fourth-order valence-corrected chi connectivity index (χ4v) is 2.84. The predicted octanol–water partition coefficient (Wildman–Crippen LogP) is 1.28. The summed E-state index contributed by atoms with van der Waals surface area (Å²) in [5.74, 6) is -0.509. The van der Waals surface area contributed by atoms with Gasteiger partial charge in [-0.05, 0) is 24.3 Å². The van der Waals surface area contributed by atoms with Crippen LogP contribution in [-0.2, 0) is 19.6 Å². The maximum Gasteiger partial charge on any atom is 0.350 e. The van der Waals surface area contributed by atoms with E-state index in [1.165, 1.54) is 50.0 Å². The predicted molar refractivity (Wildman–Crippen MR) is 95.2 cm³/mol. The molecule has 11 heteroatoms. The zero-order valence-electron chi connectivity index (χ0n) is 14.3. The summed E-state index contributed by atoms with van der Waals surface area (Å²) in [5, 5.41) is 11.6. The molecule has 0 aliphatic rings. The Bertz CT molecular complexity index is 997. The molecule has 0 amide bonds. The molecule has 0 atom stereocenters. The third-order valence-electron chi connectivity index (χ3n) is 3.16. The number of aromatic nitrogens is 2. The lowest BCUT2D eigenvalue weighted by molar-refractivity contribution is -0.135. The number of carbonyl (C=O) groups is 1. The average Bonchev–Trinajstić information content (AvgIpc) is 2.68. The van der Waals surface area contributed by atoms with Crippen LogP contribution in [0.3, 0.4) is 0 Å². The van der Waals surface area contributed by atoms with Crippen LogP contribution < -0.4 is 14.8 Å². The fourth-order valence-electron chi connectivity index (χ4n) is 1.84. The molecule has 2 aromatic rings. The van der Waals surface area contributed by atoms with Crippen molar-refractivity contribution in [1.29, 1.82) is 5.26 Å². The fraction of sp³-hybridized carbons (Fsp3) is 0.125. The van der Waals surface area contributed by atoms with Crippen LogP contribution in [0.5, 0.6) is 5.88 Å². The smallest absolute Gasteiger partial charge is 0.350 e. The Labute approximate surface area is 155 Å². The molecule has 140 valence electrons. The van der Waals surface area contributed by atoms with E-state index in [2.05, 4.69) is 24.7 Å². The van der Waals surface area contributed by atoms with Crippen molar-refractivity contribution in [2.24, 2.45) is 0 Å². The Morgan fingerprint density at radius 2 is 1.93 bits per heavy atom. The van der Waals surface area contributed by atoms with Crippen LogP contribution in [0.15, 0.2) is 53.3 Å². The lowest BCUT2D eigenvalue weighted by Gasteiger charge is -2.09. The number of hydrogen-bond acceptors (Lipinski definition) is 9. The standard InChI is InChI=1S/C16H15N5O5S/c1-25-15-7-14(19-10-20-15)21-27(23,24)13-5-3-12(4-6-13)18-9-11(8-17)16(22)26-2/h3-7,9-10,18H,1-2H3,(H,19,20,21)/b11-9-. The van der Waals surface area contributed by atoms with E-state index < -0.39 is 16.0 Å². The molecule has 10 nitrogen and oxygen atoms in total. The number of carbonyl (C=O) groups excluding carboxylic acids is 1. The second kappa shape index (κ2) is 8.63. The number of nitrogens with one attached hydrogen (secondary N) is 2. The van der Waals surface area contributed by atoms with Crippen LogP contribution in [0.4, 0.5) is 11.5 Å². The quantitative estimate of drug-likeness (QED) is 0.406. The summed E-state index contributed by atoms with van der Waals surface area (Å²) < 4.78 is 36.5. The van der Waals surface area contributed by atoms with Gasteiger partial charge < -0.3 is 14.8 Å². The van der Waals surface area contributed by atoms with E-state index in [0.717, 1.165) is 7.11 Å². The van der Waals surface area contributed by atoms with E-state index in [1.54, 1.807) is 6.07 Å². The van der Waals surface area contributed by atoms with Crippen molar-refractivity contribution in [1.82, 2.24) is 9.97 Å². The van der Waals surface area contributed by atoms with E-state index in [9.17, 15) is 13.2 Å². The highest BCUT2D eigenvalue weighted by Gasteiger charge is 2.15. The average molecular weight is 389 g/mol. The number of esters is 1. The topological polar surface area (TPSA) is 143 Å². The summed E-state index contributed by atoms with van der Waals surface area (Å²) in [6.45, 7) is 0. The van der Waals surface area contributed by atoms with Gasteiger partial charge in [0, 0.05) is 18.0 Å². The van der Waals surface area contributed by atoms with Gasteiger partial charge in [-0.25, -0.2) is 23.2 Å². The van der Waals surface area contributed by atoms with E-state index in [1.807, 2.05) is 0 Å². The Morgan fingerprint density at radius 3 is 2.52 bits per heavy atom. The molecule has 0 fully saturated rings. The third kappa shape index (κ3) is 5.16. The molecule has 27 heavy (non-hydrogen) atoms. The maximum atomic E-state index is 12.4. The summed E-state index contributed by atoms with van der Waals surface area (Å²) in [4.78, 5) is 18.9. The summed E-state index contributed by atoms with van der Waals surface area (Å²) in [7, 11) is -1.31. The molecule has 0 saturated carbocycles. The van der Waals surface area contributed by atoms with Crippen LogP contribution >= 0.6 is 0 Å². The number of sulfonamides is 1. The molecule has 0 bridgehead atoms. The number of hydrogen-bond donors (Lipinski definition) is 2. The first kappa shape index (κ1) is 19.7. The van der Waals surface area contributed by atoms with Crippen molar-refractivity contribution in [2.45, 2.75) is 4.90 Å². The summed E-state index contributed by atoms with van der Waals surface area (Å²) in [6.07, 6.45) is 2.34. The van der Waals surface area contributed by atoms with Gasteiger partial charge in [-0.15, -0.1) is 0 Å². The first-order valence-corrected chi connectivity index (χ1v) is 8.82. The molecular weight excluding hydrogens is 374 g/mol. The molecule has 2 rings (SSSR count). The van der Waals surface area contributed by atoms with Gasteiger partial charge in [-0.1, -0.05) is 0 Å². The Hall–Kier alpha value is -3.65. The van der Waals surface area contributed by atoms with Gasteiger partial charge in [0.15, 0.2) is 5.57 Å². The monoisotopic (exact) mass is 389 g/mol. The van der Waals surface area contributed by atoms with Crippen LogP contribution in [0.1, 0.15) is 0 Å². The number of ether oxygens (including phenoxy) is 2. The van der Waals surface area contributed by atoms with Gasteiger partial charge in [0.05, 0.1) is 19.1 Å². The van der Waals surface area contributed by atoms with Crippen molar-refractivity contribution in [3.05, 3.63) is 48.4 Å². The van der Waals surface area contributed by atoms with Gasteiger partial charge >= 0.3 is 5.97 Å². The van der Waals surface area contributed by atoms with Crippen LogP contribution in [-0.4, -0.2) is 38.6 Å². The minimum Gasteiger partial charge on any atom is -0.481 e. The van der Waals surface area contributed by atoms with Crippen molar-refractivity contribution in [3.63, 3.8) is 0 Å². The molecule has 1 heterocycles. The highest BCUT2D eigenvalue weighted by atomic mass is 32.2. The highest BCUT2D eigenvalue weighted by Crippen LogP contribution is 2.19. The van der Waals surface area contributed by atoms with Crippen molar-refractivity contribution in [2.75, 3.05) is 24.3 Å². The Kier molecular flexibility index (Phi) is 6.29. The largest absolute Gasteiger partial charge is 0.481 e. The summed E-state index contributed by atoms with van der Waals surface area (Å²) >= 11 is 0.